The van der Waals surface area contributed by atoms with Gasteiger partial charge >= 0.3 is 29.9 Å². The van der Waals surface area contributed by atoms with Crippen LogP contribution in [0.1, 0.15) is 18.4 Å². The van der Waals surface area contributed by atoms with E-state index in [1.807, 2.05) is 48.5 Å². The predicted octanol–water partition coefficient (Wildman–Crippen LogP) is 3.48. The first kappa shape index (κ1) is 36.3. The number of hydrogen-bond acceptors (Lipinski definition) is 9. The molecule has 0 spiro atoms. The van der Waals surface area contributed by atoms with E-state index in [9.17, 15) is 37.5 Å². The number of aromatic nitrogens is 4. The van der Waals surface area contributed by atoms with Gasteiger partial charge < -0.3 is 30.6 Å². The van der Waals surface area contributed by atoms with Crippen LogP contribution in [0.5, 0.6) is 0 Å². The van der Waals surface area contributed by atoms with Crippen molar-refractivity contribution < 1.29 is 47.3 Å². The molecule has 48 heavy (non-hydrogen) atoms. The molecule has 0 aliphatic heterocycles. The summed E-state index contributed by atoms with van der Waals surface area (Å²) in [4.78, 5) is 68.9. The van der Waals surface area contributed by atoms with Gasteiger partial charge in [0.25, 0.3) is 0 Å². The number of carboxylic acids is 2. The first-order valence-corrected chi connectivity index (χ1v) is 14.0. The van der Waals surface area contributed by atoms with E-state index >= 15 is 0 Å². The fourth-order valence-corrected chi connectivity index (χ4v) is 3.95. The highest BCUT2D eigenvalue weighted by Crippen LogP contribution is 2.25. The molecule has 0 saturated carbocycles. The summed E-state index contributed by atoms with van der Waals surface area (Å²) in [6.07, 6.45) is -1.61. The quantitative estimate of drug-likeness (QED) is 0.121. The summed E-state index contributed by atoms with van der Waals surface area (Å²) in [6.45, 7) is 0.0234. The third-order valence-electron chi connectivity index (χ3n) is 6.09. The minimum absolute atomic E-state index is 0.00598. The Morgan fingerprint density at radius 3 is 2.23 bits per heavy atom. The normalized spacial score (nSPS) is 11.3. The van der Waals surface area contributed by atoms with E-state index in [0.717, 1.165) is 11.1 Å². The summed E-state index contributed by atoms with van der Waals surface area (Å²) in [5.74, 6) is -3.62. The van der Waals surface area contributed by atoms with E-state index in [0.29, 0.717) is 11.5 Å². The van der Waals surface area contributed by atoms with Gasteiger partial charge in [0.2, 0.25) is 11.9 Å². The summed E-state index contributed by atoms with van der Waals surface area (Å²) in [5.41, 5.74) is 1.40. The Morgan fingerprint density at radius 1 is 1.00 bits per heavy atom. The van der Waals surface area contributed by atoms with Gasteiger partial charge in [0.05, 0.1) is 12.5 Å². The van der Waals surface area contributed by atoms with Crippen LogP contribution in [0.2, 0.25) is 0 Å². The molecule has 1 unspecified atom stereocenters. The van der Waals surface area contributed by atoms with Gasteiger partial charge in [-0.15, -0.1) is 0 Å². The van der Waals surface area contributed by atoms with Gasteiger partial charge in [-0.05, 0) is 11.1 Å². The van der Waals surface area contributed by atoms with Gasteiger partial charge in [0.15, 0.2) is 0 Å². The summed E-state index contributed by atoms with van der Waals surface area (Å²) in [6, 6.07) is 17.2. The Morgan fingerprint density at radius 2 is 1.65 bits per heavy atom. The summed E-state index contributed by atoms with van der Waals surface area (Å²) in [5, 5.41) is 24.7. The lowest BCUT2D eigenvalue weighted by atomic mass is 10.1. The number of imidazole rings is 1. The molecule has 0 bridgehead atoms. The fraction of sp³-hybridized carbons (Fsp3) is 0.233. The van der Waals surface area contributed by atoms with E-state index in [4.69, 9.17) is 14.6 Å². The third-order valence-corrected chi connectivity index (χ3v) is 6.09. The Hall–Kier alpha value is -6.20. The lowest BCUT2D eigenvalue weighted by Crippen LogP contribution is -2.42. The van der Waals surface area contributed by atoms with Crippen LogP contribution in [-0.2, 0) is 32.3 Å². The maximum atomic E-state index is 13.0. The predicted molar refractivity (Wildman–Crippen MR) is 164 cm³/mol. The summed E-state index contributed by atoms with van der Waals surface area (Å²) < 4.78 is 38.2. The van der Waals surface area contributed by atoms with Crippen LogP contribution in [0.15, 0.2) is 84.0 Å². The van der Waals surface area contributed by atoms with E-state index in [1.54, 1.807) is 24.5 Å². The molecule has 1 atom stereocenters. The van der Waals surface area contributed by atoms with Gasteiger partial charge in [-0.1, -0.05) is 60.7 Å². The van der Waals surface area contributed by atoms with Gasteiger partial charge in [-0.2, -0.15) is 18.2 Å². The average molecular weight is 674 g/mol. The van der Waals surface area contributed by atoms with Crippen LogP contribution in [0.3, 0.4) is 0 Å². The Balaban J connectivity index is 0.000000804. The van der Waals surface area contributed by atoms with Gasteiger partial charge in [-0.3, -0.25) is 19.5 Å². The number of aliphatic carboxylic acids is 2. The Labute approximate surface area is 269 Å². The largest absolute Gasteiger partial charge is 0.490 e. The number of halogens is 3. The number of aromatic amines is 1. The number of carbonyl (C=O) groups excluding carboxylic acids is 2. The maximum absolute atomic E-state index is 13.0. The SMILES string of the molecule is O=C(O)C(F)(F)F.O=C(O)CC(Cn1cc(-c2ccccc2)c(NCCC(=O)Nc2ncc[nH]2)nc1=O)NC(=O)OCc1ccccc1. The van der Waals surface area contributed by atoms with E-state index in [-0.39, 0.29) is 37.8 Å². The Bertz CT molecular complexity index is 1720. The van der Waals surface area contributed by atoms with Crippen molar-refractivity contribution in [2.75, 3.05) is 17.2 Å². The number of H-pyrrole nitrogens is 1. The van der Waals surface area contributed by atoms with Crippen molar-refractivity contribution in [3.8, 4) is 11.1 Å². The third kappa shape index (κ3) is 12.3. The zero-order valence-electron chi connectivity index (χ0n) is 24.9. The number of alkyl carbamates (subject to hydrolysis) is 1. The molecule has 0 aliphatic rings. The van der Waals surface area contributed by atoms with E-state index < -0.39 is 42.4 Å². The van der Waals surface area contributed by atoms with Gasteiger partial charge in [0.1, 0.15) is 12.4 Å². The second-order valence-electron chi connectivity index (χ2n) is 9.77. The molecule has 2 aromatic carbocycles. The van der Waals surface area contributed by atoms with Crippen molar-refractivity contribution >= 4 is 35.7 Å². The minimum Gasteiger partial charge on any atom is -0.481 e. The second kappa shape index (κ2) is 17.5. The number of nitrogens with one attached hydrogen (secondary N) is 4. The zero-order chi connectivity index (χ0) is 35.1. The summed E-state index contributed by atoms with van der Waals surface area (Å²) in [7, 11) is 0. The molecule has 0 aliphatic carbocycles. The number of nitrogens with zero attached hydrogens (tertiary/aromatic N) is 3. The highest BCUT2D eigenvalue weighted by Gasteiger charge is 2.38. The number of ether oxygens (including phenoxy) is 1. The molecule has 18 heteroatoms. The van der Waals surface area contributed by atoms with Crippen LogP contribution in [0.25, 0.3) is 11.1 Å². The van der Waals surface area contributed by atoms with E-state index in [1.165, 1.54) is 10.8 Å². The topological polar surface area (TPSA) is 218 Å². The zero-order valence-corrected chi connectivity index (χ0v) is 24.9. The number of carbonyl (C=O) groups is 4. The average Bonchev–Trinajstić information content (AvgIpc) is 3.54. The van der Waals surface area contributed by atoms with Crippen LogP contribution >= 0.6 is 0 Å². The molecule has 4 rings (SSSR count). The maximum Gasteiger partial charge on any atom is 0.490 e. The van der Waals surface area contributed by atoms with Crippen molar-refractivity contribution in [3.63, 3.8) is 0 Å². The highest BCUT2D eigenvalue weighted by molar-refractivity contribution is 5.89. The molecular formula is C30H30F3N7O8. The molecule has 2 aromatic heterocycles. The minimum atomic E-state index is -5.08. The molecule has 2 heterocycles. The smallest absolute Gasteiger partial charge is 0.481 e. The van der Waals surface area contributed by atoms with Crippen molar-refractivity contribution in [1.82, 2.24) is 24.8 Å². The number of carboxylic acid groups (broad SMARTS) is 2. The molecule has 0 fully saturated rings. The van der Waals surface area contributed by atoms with Crippen LogP contribution < -0.4 is 21.6 Å². The van der Waals surface area contributed by atoms with Crippen LogP contribution in [0.4, 0.5) is 29.7 Å². The number of hydrogen-bond donors (Lipinski definition) is 6. The molecule has 2 amide bonds. The Kier molecular flexibility index (Phi) is 13.2. The van der Waals surface area contributed by atoms with Gasteiger partial charge in [-0.25, -0.2) is 19.4 Å². The molecule has 0 saturated heterocycles. The standard InChI is InChI=1S/C28H29N7O6.C2HF3O2/c36-23(33-26-30-13-14-31-26)11-12-29-25-22(20-9-5-2-6-10-20)17-35(27(39)34-25)16-21(15-24(37)38)32-28(40)41-18-19-7-3-1-4-8-19;3-2(4,5)1(6)7/h1-10,13-14,17,21H,11-12,15-16,18H2,(H,32,40)(H,37,38)(H,29,34,39)(H2,30,31,33,36);(H,6,7). The van der Waals surface area contributed by atoms with Gasteiger partial charge in [0, 0.05) is 43.7 Å². The van der Waals surface area contributed by atoms with Crippen molar-refractivity contribution in [2.45, 2.75) is 38.2 Å². The van der Waals surface area contributed by atoms with Crippen molar-refractivity contribution in [2.24, 2.45) is 0 Å². The lowest BCUT2D eigenvalue weighted by Gasteiger charge is -2.19. The van der Waals surface area contributed by atoms with Crippen molar-refractivity contribution in [1.29, 1.82) is 0 Å². The lowest BCUT2D eigenvalue weighted by molar-refractivity contribution is -0.192. The van der Waals surface area contributed by atoms with Crippen LogP contribution in [0, 0.1) is 0 Å². The number of rotatable bonds is 13. The highest BCUT2D eigenvalue weighted by atomic mass is 19.4. The molecule has 0 radical (unpaired) electrons. The first-order chi connectivity index (χ1) is 22.8. The number of anilines is 2. The summed E-state index contributed by atoms with van der Waals surface area (Å²) >= 11 is 0. The second-order valence-corrected chi connectivity index (χ2v) is 9.77. The number of amides is 2. The first-order valence-electron chi connectivity index (χ1n) is 14.0. The van der Waals surface area contributed by atoms with Crippen molar-refractivity contribution in [3.05, 3.63) is 95.3 Å². The number of benzene rings is 2. The molecule has 15 nitrogen and oxygen atoms in total. The molecular weight excluding hydrogens is 643 g/mol. The monoisotopic (exact) mass is 673 g/mol. The molecule has 254 valence electrons. The molecule has 4 aromatic rings. The number of alkyl halides is 3. The fourth-order valence-electron chi connectivity index (χ4n) is 3.95. The van der Waals surface area contributed by atoms with E-state index in [2.05, 4.69) is 30.9 Å². The van der Waals surface area contributed by atoms with Crippen LogP contribution in [-0.4, -0.2) is 72.4 Å². The molecule has 6 N–H and O–H groups in total.